The first-order valence-electron chi connectivity index (χ1n) is 6.39. The molecule has 2 rings (SSSR count). The summed E-state index contributed by atoms with van der Waals surface area (Å²) in [5.74, 6) is 0.525. The third kappa shape index (κ3) is 3.33. The summed E-state index contributed by atoms with van der Waals surface area (Å²) < 4.78 is 10.7. The van der Waals surface area contributed by atoms with Gasteiger partial charge in [0.2, 0.25) is 5.75 Å². The molecular weight excluding hydrogens is 276 g/mol. The molecule has 0 spiro atoms. The highest BCUT2D eigenvalue weighted by Gasteiger charge is 2.25. The highest BCUT2D eigenvalue weighted by atomic mass is 16.6. The molecule has 0 fully saturated rings. The Hall–Kier alpha value is -2.51. The lowest BCUT2D eigenvalue weighted by molar-refractivity contribution is -0.390. The molecule has 0 aliphatic rings. The van der Waals surface area contributed by atoms with Crippen LogP contribution in [-0.4, -0.2) is 20.0 Å². The molecule has 0 aliphatic carbocycles. The Morgan fingerprint density at radius 1 is 1.43 bits per heavy atom. The van der Waals surface area contributed by atoms with Gasteiger partial charge in [-0.05, 0) is 29.0 Å². The Balaban J connectivity index is 2.21. The quantitative estimate of drug-likeness (QED) is 0.630. The van der Waals surface area contributed by atoms with E-state index in [4.69, 9.17) is 9.26 Å². The first kappa shape index (κ1) is 14.9. The van der Waals surface area contributed by atoms with Gasteiger partial charge in [-0.25, -0.2) is 0 Å². The second-order valence-electron chi connectivity index (χ2n) is 5.55. The Labute approximate surface area is 121 Å². The van der Waals surface area contributed by atoms with Crippen molar-refractivity contribution < 1.29 is 14.2 Å². The Morgan fingerprint density at radius 3 is 2.71 bits per heavy atom. The maximum atomic E-state index is 10.9. The summed E-state index contributed by atoms with van der Waals surface area (Å²) in [6.07, 6.45) is 0.719. The zero-order valence-electron chi connectivity index (χ0n) is 12.2. The van der Waals surface area contributed by atoms with Gasteiger partial charge >= 0.3 is 5.82 Å². The van der Waals surface area contributed by atoms with Gasteiger partial charge in [-0.2, -0.15) is 4.98 Å². The van der Waals surface area contributed by atoms with Gasteiger partial charge in [-0.3, -0.25) is 0 Å². The number of hydrogen-bond acceptors (Lipinski definition) is 7. The van der Waals surface area contributed by atoms with Crippen LogP contribution in [0.25, 0.3) is 0 Å². The molecule has 1 atom stereocenters. The minimum Gasteiger partial charge on any atom is -0.473 e. The van der Waals surface area contributed by atoms with Gasteiger partial charge in [0, 0.05) is 5.41 Å². The van der Waals surface area contributed by atoms with Crippen LogP contribution in [-0.2, 0) is 5.41 Å². The molecule has 0 amide bonds. The lowest BCUT2D eigenvalue weighted by Crippen LogP contribution is -2.14. The topological polar surface area (TPSA) is 104 Å². The summed E-state index contributed by atoms with van der Waals surface area (Å²) in [4.78, 5) is 18.2. The van der Waals surface area contributed by atoms with Gasteiger partial charge < -0.3 is 19.4 Å². The number of pyridine rings is 1. The Morgan fingerprint density at radius 2 is 2.14 bits per heavy atom. The minimum atomic E-state index is -0.614. The molecule has 8 nitrogen and oxygen atoms in total. The first-order chi connectivity index (χ1) is 9.79. The predicted molar refractivity (Wildman–Crippen MR) is 72.9 cm³/mol. The van der Waals surface area contributed by atoms with Gasteiger partial charge in [0.15, 0.2) is 11.9 Å². The van der Waals surface area contributed by atoms with E-state index >= 15 is 0 Å². The second-order valence-corrected chi connectivity index (χ2v) is 5.55. The molecule has 0 aromatic carbocycles. The first-order valence-corrected chi connectivity index (χ1v) is 6.39. The maximum Gasteiger partial charge on any atom is 0.406 e. The summed E-state index contributed by atoms with van der Waals surface area (Å²) >= 11 is 0. The summed E-state index contributed by atoms with van der Waals surface area (Å²) in [6, 6.07) is 3.03. The molecule has 0 unspecified atom stereocenters. The lowest BCUT2D eigenvalue weighted by atomic mass is 9.96. The van der Waals surface area contributed by atoms with Gasteiger partial charge in [0.25, 0.3) is 5.89 Å². The summed E-state index contributed by atoms with van der Waals surface area (Å²) in [6.45, 7) is 7.55. The molecule has 2 aromatic heterocycles. The van der Waals surface area contributed by atoms with Crippen molar-refractivity contribution in [1.82, 2.24) is 15.1 Å². The van der Waals surface area contributed by atoms with Crippen LogP contribution in [0, 0.1) is 10.1 Å². The average Bonchev–Trinajstić information content (AvgIpc) is 2.88. The van der Waals surface area contributed by atoms with E-state index in [2.05, 4.69) is 15.1 Å². The molecule has 0 radical (unpaired) electrons. The van der Waals surface area contributed by atoms with E-state index in [0.717, 1.165) is 0 Å². The highest BCUT2D eigenvalue weighted by Crippen LogP contribution is 2.29. The molecule has 0 N–H and O–H groups in total. The van der Waals surface area contributed by atoms with Crippen molar-refractivity contribution in [1.29, 1.82) is 0 Å². The highest BCUT2D eigenvalue weighted by molar-refractivity contribution is 5.38. The lowest BCUT2D eigenvalue weighted by Gasteiger charge is -2.12. The van der Waals surface area contributed by atoms with Crippen molar-refractivity contribution in [3.8, 4) is 5.75 Å². The SMILES string of the molecule is C[C@H](Oc1cccnc1[N+](=O)[O-])c1nc(C(C)(C)C)no1. The molecule has 2 aromatic rings. The molecule has 0 saturated carbocycles. The fourth-order valence-electron chi connectivity index (χ4n) is 1.56. The van der Waals surface area contributed by atoms with Gasteiger partial charge in [0.1, 0.15) is 6.20 Å². The minimum absolute atomic E-state index is 0.0607. The van der Waals surface area contributed by atoms with Crippen molar-refractivity contribution in [3.63, 3.8) is 0 Å². The normalized spacial score (nSPS) is 13.0. The van der Waals surface area contributed by atoms with Crippen LogP contribution in [0.3, 0.4) is 0 Å². The zero-order valence-corrected chi connectivity index (χ0v) is 12.2. The molecule has 21 heavy (non-hydrogen) atoms. The molecule has 2 heterocycles. The van der Waals surface area contributed by atoms with Crippen molar-refractivity contribution in [3.05, 3.63) is 40.2 Å². The number of aromatic nitrogens is 3. The molecule has 0 bridgehead atoms. The fraction of sp³-hybridized carbons (Fsp3) is 0.462. The molecule has 8 heteroatoms. The van der Waals surface area contributed by atoms with Crippen LogP contribution in [0.15, 0.2) is 22.9 Å². The molecule has 0 aliphatic heterocycles. The standard InChI is InChI=1S/C13H16N4O4/c1-8(11-15-12(16-21-11)13(2,3)4)20-9-6-5-7-14-10(9)17(18)19/h5-8H,1-4H3/t8-/m0/s1. The van der Waals surface area contributed by atoms with E-state index in [-0.39, 0.29) is 22.9 Å². The zero-order chi connectivity index (χ0) is 15.6. The summed E-state index contributed by atoms with van der Waals surface area (Å²) in [5.41, 5.74) is -0.248. The van der Waals surface area contributed by atoms with Crippen LogP contribution in [0.4, 0.5) is 5.82 Å². The van der Waals surface area contributed by atoms with E-state index in [1.807, 2.05) is 20.8 Å². The van der Waals surface area contributed by atoms with E-state index in [1.165, 1.54) is 12.3 Å². The van der Waals surface area contributed by atoms with Crippen LogP contribution in [0.2, 0.25) is 0 Å². The average molecular weight is 292 g/mol. The monoisotopic (exact) mass is 292 g/mol. The van der Waals surface area contributed by atoms with E-state index < -0.39 is 11.0 Å². The fourth-order valence-corrected chi connectivity index (χ4v) is 1.56. The summed E-state index contributed by atoms with van der Waals surface area (Å²) in [7, 11) is 0. The number of nitrogens with zero attached hydrogens (tertiary/aromatic N) is 4. The van der Waals surface area contributed by atoms with Crippen molar-refractivity contribution in [2.45, 2.75) is 39.2 Å². The second kappa shape index (κ2) is 5.47. The predicted octanol–water partition coefficient (Wildman–Crippen LogP) is 2.81. The van der Waals surface area contributed by atoms with Crippen molar-refractivity contribution >= 4 is 5.82 Å². The van der Waals surface area contributed by atoms with Gasteiger partial charge in [-0.15, -0.1) is 0 Å². The molecular formula is C13H16N4O4. The maximum absolute atomic E-state index is 10.9. The number of hydrogen-bond donors (Lipinski definition) is 0. The Bertz CT molecular complexity index is 648. The van der Waals surface area contributed by atoms with E-state index in [9.17, 15) is 10.1 Å². The van der Waals surface area contributed by atoms with E-state index in [0.29, 0.717) is 5.82 Å². The third-order valence-corrected chi connectivity index (χ3v) is 2.69. The number of ether oxygens (including phenoxy) is 1. The third-order valence-electron chi connectivity index (χ3n) is 2.69. The summed E-state index contributed by atoms with van der Waals surface area (Å²) in [5, 5.41) is 14.8. The smallest absolute Gasteiger partial charge is 0.406 e. The molecule has 0 saturated heterocycles. The van der Waals surface area contributed by atoms with Gasteiger partial charge in [-0.1, -0.05) is 25.9 Å². The Kier molecular flexibility index (Phi) is 3.88. The van der Waals surface area contributed by atoms with Crippen LogP contribution < -0.4 is 4.74 Å². The van der Waals surface area contributed by atoms with Crippen molar-refractivity contribution in [2.24, 2.45) is 0 Å². The molecule has 112 valence electrons. The largest absolute Gasteiger partial charge is 0.473 e. The van der Waals surface area contributed by atoms with Gasteiger partial charge in [0.05, 0.1) is 0 Å². The number of rotatable bonds is 4. The van der Waals surface area contributed by atoms with Crippen LogP contribution in [0.1, 0.15) is 45.5 Å². The van der Waals surface area contributed by atoms with Crippen LogP contribution >= 0.6 is 0 Å². The van der Waals surface area contributed by atoms with Crippen molar-refractivity contribution in [2.75, 3.05) is 0 Å². The van der Waals surface area contributed by atoms with E-state index in [1.54, 1.807) is 13.0 Å². The number of nitro groups is 1. The van der Waals surface area contributed by atoms with Crippen LogP contribution in [0.5, 0.6) is 5.75 Å².